The monoisotopic (exact) mass is 301 g/mol. The van der Waals surface area contributed by atoms with Gasteiger partial charge in [-0.3, -0.25) is 0 Å². The number of aromatic amines is 1. The molecule has 0 spiro atoms. The molecule has 7 heteroatoms. The first-order chi connectivity index (χ1) is 10.3. The Balaban J connectivity index is 1.88. The Morgan fingerprint density at radius 2 is 2.14 bits per heavy atom. The molecule has 21 heavy (non-hydrogen) atoms. The molecule has 0 aliphatic carbocycles. The fourth-order valence-corrected chi connectivity index (χ4v) is 3.42. The fraction of sp³-hybridized carbons (Fsp3) is 0.357. The molecular weight excluding hydrogens is 286 g/mol. The molecule has 0 radical (unpaired) electrons. The zero-order chi connectivity index (χ0) is 14.2. The van der Waals surface area contributed by atoms with Crippen LogP contribution in [0.5, 0.6) is 0 Å². The molecule has 3 aromatic heterocycles. The van der Waals surface area contributed by atoms with Gasteiger partial charge in [-0.05, 0) is 24.5 Å². The first kappa shape index (κ1) is 12.7. The third-order valence-corrected chi connectivity index (χ3v) is 4.57. The van der Waals surface area contributed by atoms with E-state index < -0.39 is 0 Å². The van der Waals surface area contributed by atoms with E-state index in [2.05, 4.69) is 30.3 Å². The maximum Gasteiger partial charge on any atom is 0.143 e. The molecule has 3 aromatic rings. The maximum atomic E-state index is 5.43. The van der Waals surface area contributed by atoms with Gasteiger partial charge >= 0.3 is 0 Å². The second-order valence-corrected chi connectivity index (χ2v) is 5.86. The lowest BCUT2D eigenvalue weighted by Crippen LogP contribution is -2.36. The van der Waals surface area contributed by atoms with Gasteiger partial charge in [0.25, 0.3) is 0 Å². The summed E-state index contributed by atoms with van der Waals surface area (Å²) in [6.45, 7) is 5.21. The van der Waals surface area contributed by atoms with Crippen LogP contribution in [0.25, 0.3) is 21.5 Å². The Labute approximate surface area is 126 Å². The Kier molecular flexibility index (Phi) is 3.08. The van der Waals surface area contributed by atoms with Crippen molar-refractivity contribution in [2.45, 2.75) is 6.92 Å². The molecule has 1 aliphatic rings. The van der Waals surface area contributed by atoms with Gasteiger partial charge in [-0.15, -0.1) is 0 Å². The Hall–Kier alpha value is -1.99. The van der Waals surface area contributed by atoms with Crippen LogP contribution >= 0.6 is 11.5 Å². The summed E-state index contributed by atoms with van der Waals surface area (Å²) in [5.41, 5.74) is 3.03. The number of ether oxygens (including phenoxy) is 1. The first-order valence-corrected chi connectivity index (χ1v) is 7.69. The van der Waals surface area contributed by atoms with E-state index in [4.69, 9.17) is 4.74 Å². The zero-order valence-electron chi connectivity index (χ0n) is 11.7. The number of fused-ring (bicyclic) bond motifs is 1. The summed E-state index contributed by atoms with van der Waals surface area (Å²) in [6.07, 6.45) is 3.61. The number of nitrogens with one attached hydrogen (secondary N) is 1. The predicted octanol–water partition coefficient (Wildman–Crippen LogP) is 2.23. The third-order valence-electron chi connectivity index (χ3n) is 3.65. The summed E-state index contributed by atoms with van der Waals surface area (Å²) in [5, 5.41) is 1.07. The van der Waals surface area contributed by atoms with Gasteiger partial charge in [-0.25, -0.2) is 9.97 Å². The largest absolute Gasteiger partial charge is 0.378 e. The van der Waals surface area contributed by atoms with Crippen LogP contribution in [0.1, 0.15) is 5.69 Å². The predicted molar refractivity (Wildman–Crippen MR) is 82.8 cm³/mol. The van der Waals surface area contributed by atoms with Crippen LogP contribution in [0.15, 0.2) is 18.6 Å². The molecule has 1 aliphatic heterocycles. The number of rotatable bonds is 2. The molecule has 108 valence electrons. The molecule has 0 aromatic carbocycles. The van der Waals surface area contributed by atoms with Crippen molar-refractivity contribution >= 4 is 28.4 Å². The Morgan fingerprint density at radius 3 is 2.90 bits per heavy atom. The molecule has 1 N–H and O–H groups in total. The quantitative estimate of drug-likeness (QED) is 0.786. The molecule has 4 heterocycles. The Morgan fingerprint density at radius 1 is 1.29 bits per heavy atom. The molecule has 0 bridgehead atoms. The van der Waals surface area contributed by atoms with Gasteiger partial charge in [0, 0.05) is 24.8 Å². The second-order valence-electron chi connectivity index (χ2n) is 5.06. The molecule has 0 atom stereocenters. The van der Waals surface area contributed by atoms with Crippen LogP contribution in [0.2, 0.25) is 0 Å². The number of hydrogen-bond acceptors (Lipinski definition) is 6. The number of morpholine rings is 1. The minimum Gasteiger partial charge on any atom is -0.378 e. The van der Waals surface area contributed by atoms with Gasteiger partial charge in [-0.2, -0.15) is 4.37 Å². The van der Waals surface area contributed by atoms with E-state index in [9.17, 15) is 0 Å². The van der Waals surface area contributed by atoms with Crippen LogP contribution in [0, 0.1) is 6.92 Å². The van der Waals surface area contributed by atoms with Crippen LogP contribution in [0.3, 0.4) is 0 Å². The standard InChI is InChI=1S/C14H15N5OS/c1-9-6-11(21-18-9)10-7-15-13-12(10)14(17-8-16-13)19-2-4-20-5-3-19/h6-8H,2-5H2,1H3,(H,15,16,17). The lowest BCUT2D eigenvalue weighted by Gasteiger charge is -2.28. The lowest BCUT2D eigenvalue weighted by molar-refractivity contribution is 0.122. The SMILES string of the molecule is Cc1cc(-c2c[nH]c3ncnc(N4CCOCC4)c23)sn1. The second kappa shape index (κ2) is 5.09. The highest BCUT2D eigenvalue weighted by Gasteiger charge is 2.20. The van der Waals surface area contributed by atoms with E-state index in [1.54, 1.807) is 6.33 Å². The number of anilines is 1. The molecule has 0 saturated carbocycles. The third kappa shape index (κ3) is 2.18. The average Bonchev–Trinajstić information content (AvgIpc) is 3.13. The lowest BCUT2D eigenvalue weighted by atomic mass is 10.2. The topological polar surface area (TPSA) is 66.9 Å². The van der Waals surface area contributed by atoms with Crippen molar-refractivity contribution in [2.24, 2.45) is 0 Å². The molecule has 4 rings (SSSR count). The smallest absolute Gasteiger partial charge is 0.143 e. The molecule has 0 amide bonds. The van der Waals surface area contributed by atoms with E-state index in [-0.39, 0.29) is 0 Å². The summed E-state index contributed by atoms with van der Waals surface area (Å²) < 4.78 is 9.81. The van der Waals surface area contributed by atoms with Crippen molar-refractivity contribution in [1.82, 2.24) is 19.3 Å². The van der Waals surface area contributed by atoms with Crippen molar-refractivity contribution in [3.05, 3.63) is 24.3 Å². The normalized spacial score (nSPS) is 15.8. The summed E-state index contributed by atoms with van der Waals surface area (Å²) in [4.78, 5) is 15.5. The highest BCUT2D eigenvalue weighted by Crippen LogP contribution is 2.35. The van der Waals surface area contributed by atoms with E-state index in [1.807, 2.05) is 13.1 Å². The van der Waals surface area contributed by atoms with Crippen molar-refractivity contribution in [3.63, 3.8) is 0 Å². The fourth-order valence-electron chi connectivity index (χ4n) is 2.65. The molecule has 1 saturated heterocycles. The molecule has 6 nitrogen and oxygen atoms in total. The molecular formula is C14H15N5OS. The van der Waals surface area contributed by atoms with Crippen molar-refractivity contribution in [2.75, 3.05) is 31.2 Å². The summed E-state index contributed by atoms with van der Waals surface area (Å²) in [6, 6.07) is 2.10. The van der Waals surface area contributed by atoms with Crippen molar-refractivity contribution in [3.8, 4) is 10.4 Å². The first-order valence-electron chi connectivity index (χ1n) is 6.91. The maximum absolute atomic E-state index is 5.43. The summed E-state index contributed by atoms with van der Waals surface area (Å²) >= 11 is 1.51. The van der Waals surface area contributed by atoms with Crippen LogP contribution in [-0.2, 0) is 4.74 Å². The van der Waals surface area contributed by atoms with Gasteiger partial charge in [0.05, 0.1) is 29.2 Å². The van der Waals surface area contributed by atoms with E-state index in [0.717, 1.165) is 59.3 Å². The summed E-state index contributed by atoms with van der Waals surface area (Å²) in [7, 11) is 0. The van der Waals surface area contributed by atoms with Crippen LogP contribution in [0.4, 0.5) is 5.82 Å². The highest BCUT2D eigenvalue weighted by atomic mass is 32.1. The molecule has 1 fully saturated rings. The van der Waals surface area contributed by atoms with Gasteiger partial charge in [0.15, 0.2) is 0 Å². The zero-order valence-corrected chi connectivity index (χ0v) is 12.5. The van der Waals surface area contributed by atoms with Gasteiger partial charge in [0.1, 0.15) is 17.8 Å². The number of aromatic nitrogens is 4. The van der Waals surface area contributed by atoms with Crippen molar-refractivity contribution in [1.29, 1.82) is 0 Å². The Bertz CT molecular complexity index is 775. The molecule has 0 unspecified atom stereocenters. The van der Waals surface area contributed by atoms with Gasteiger partial charge in [0.2, 0.25) is 0 Å². The number of nitrogens with zero attached hydrogens (tertiary/aromatic N) is 4. The van der Waals surface area contributed by atoms with E-state index >= 15 is 0 Å². The summed E-state index contributed by atoms with van der Waals surface area (Å²) in [5.74, 6) is 0.977. The van der Waals surface area contributed by atoms with E-state index in [0.29, 0.717) is 0 Å². The van der Waals surface area contributed by atoms with Crippen LogP contribution in [-0.4, -0.2) is 45.6 Å². The van der Waals surface area contributed by atoms with E-state index in [1.165, 1.54) is 11.5 Å². The minimum atomic E-state index is 0.741. The van der Waals surface area contributed by atoms with Crippen molar-refractivity contribution < 1.29 is 4.74 Å². The minimum absolute atomic E-state index is 0.741. The number of aryl methyl sites for hydroxylation is 1. The van der Waals surface area contributed by atoms with Gasteiger partial charge in [-0.1, -0.05) is 0 Å². The number of H-pyrrole nitrogens is 1. The van der Waals surface area contributed by atoms with Crippen LogP contribution < -0.4 is 4.90 Å². The number of hydrogen-bond donors (Lipinski definition) is 1. The average molecular weight is 301 g/mol. The van der Waals surface area contributed by atoms with Gasteiger partial charge < -0.3 is 14.6 Å². The highest BCUT2D eigenvalue weighted by molar-refractivity contribution is 7.09.